The predicted octanol–water partition coefficient (Wildman–Crippen LogP) is 3.52. The molecule has 0 unspecified atom stereocenters. The summed E-state index contributed by atoms with van der Waals surface area (Å²) in [5.41, 5.74) is 1.69. The molecular weight excluding hydrogens is 372 g/mol. The van der Waals surface area contributed by atoms with E-state index in [0.29, 0.717) is 28.8 Å². The second kappa shape index (κ2) is 8.92. The first-order valence-corrected chi connectivity index (χ1v) is 8.79. The molecule has 8 heteroatoms. The number of carbonyl (C=O) groups is 1. The van der Waals surface area contributed by atoms with E-state index in [1.807, 2.05) is 30.3 Å². The summed E-state index contributed by atoms with van der Waals surface area (Å²) in [6, 6.07) is 12.9. The molecule has 0 aliphatic rings. The number of amides is 1. The lowest BCUT2D eigenvalue weighted by molar-refractivity contribution is 0.0988. The number of hydrogen-bond acceptors (Lipinski definition) is 7. The van der Waals surface area contributed by atoms with Gasteiger partial charge in [-0.25, -0.2) is 9.97 Å². The first-order valence-electron chi connectivity index (χ1n) is 8.79. The molecule has 0 bridgehead atoms. The van der Waals surface area contributed by atoms with Crippen LogP contribution in [0.2, 0.25) is 0 Å². The molecule has 0 spiro atoms. The monoisotopic (exact) mass is 394 g/mol. The zero-order valence-corrected chi connectivity index (χ0v) is 16.7. The molecule has 0 atom stereocenters. The van der Waals surface area contributed by atoms with Crippen molar-refractivity contribution in [2.24, 2.45) is 0 Å². The Morgan fingerprint density at radius 2 is 1.59 bits per heavy atom. The lowest BCUT2D eigenvalue weighted by atomic mass is 10.2. The van der Waals surface area contributed by atoms with E-state index < -0.39 is 0 Å². The van der Waals surface area contributed by atoms with E-state index >= 15 is 0 Å². The summed E-state index contributed by atoms with van der Waals surface area (Å²) in [5.74, 6) is 1.75. The van der Waals surface area contributed by atoms with Crippen molar-refractivity contribution in [2.45, 2.75) is 0 Å². The van der Waals surface area contributed by atoms with Crippen LogP contribution in [-0.4, -0.2) is 44.3 Å². The van der Waals surface area contributed by atoms with E-state index in [2.05, 4.69) is 15.3 Å². The summed E-state index contributed by atoms with van der Waals surface area (Å²) in [7, 11) is 6.33. The summed E-state index contributed by atoms with van der Waals surface area (Å²) in [6.07, 6.45) is 2.93. The number of ether oxygens (including phenoxy) is 3. The van der Waals surface area contributed by atoms with Crippen LogP contribution in [0.1, 0.15) is 10.5 Å². The van der Waals surface area contributed by atoms with Gasteiger partial charge in [-0.15, -0.1) is 0 Å². The van der Waals surface area contributed by atoms with Gasteiger partial charge < -0.3 is 24.4 Å². The fourth-order valence-electron chi connectivity index (χ4n) is 2.74. The number of nitrogens with one attached hydrogen (secondary N) is 1. The molecule has 1 aromatic heterocycles. The number of methoxy groups -OCH3 is 3. The molecule has 1 heterocycles. The predicted molar refractivity (Wildman–Crippen MR) is 111 cm³/mol. The lowest BCUT2D eigenvalue weighted by Gasteiger charge is -2.17. The molecule has 3 rings (SSSR count). The molecular formula is C21H22N4O4. The number of nitrogens with zero attached hydrogens (tertiary/aromatic N) is 3. The standard InChI is InChI=1S/C21H22N4O4/c1-25(15-8-6-5-7-9-15)21(26)16-12-23-19(13-22-16)24-14-10-17(27-2)20(29-4)18(11-14)28-3/h5-13H,1-4H3,(H,23,24). The van der Waals surface area contributed by atoms with Crippen LogP contribution in [0.15, 0.2) is 54.9 Å². The topological polar surface area (TPSA) is 85.8 Å². The highest BCUT2D eigenvalue weighted by atomic mass is 16.5. The number of rotatable bonds is 7. The van der Waals surface area contributed by atoms with Crippen LogP contribution < -0.4 is 24.4 Å². The molecule has 0 aliphatic carbocycles. The molecule has 3 aromatic rings. The molecule has 2 aromatic carbocycles. The molecule has 1 amide bonds. The second-order valence-electron chi connectivity index (χ2n) is 6.03. The summed E-state index contributed by atoms with van der Waals surface area (Å²) < 4.78 is 16.0. The number of carbonyl (C=O) groups excluding carboxylic acids is 1. The zero-order valence-electron chi connectivity index (χ0n) is 16.7. The van der Waals surface area contributed by atoms with Gasteiger partial charge in [0.15, 0.2) is 11.5 Å². The fourth-order valence-corrected chi connectivity index (χ4v) is 2.74. The average molecular weight is 394 g/mol. The molecule has 0 fully saturated rings. The molecule has 29 heavy (non-hydrogen) atoms. The summed E-state index contributed by atoms with van der Waals surface area (Å²) in [5, 5.41) is 3.12. The fraction of sp³-hybridized carbons (Fsp3) is 0.190. The molecule has 0 radical (unpaired) electrons. The largest absolute Gasteiger partial charge is 0.493 e. The quantitative estimate of drug-likeness (QED) is 0.656. The minimum Gasteiger partial charge on any atom is -0.493 e. The smallest absolute Gasteiger partial charge is 0.278 e. The van der Waals surface area contributed by atoms with Crippen molar-refractivity contribution < 1.29 is 19.0 Å². The van der Waals surface area contributed by atoms with Gasteiger partial charge >= 0.3 is 0 Å². The number of anilines is 3. The van der Waals surface area contributed by atoms with Crippen molar-refractivity contribution in [3.05, 3.63) is 60.6 Å². The van der Waals surface area contributed by atoms with E-state index in [4.69, 9.17) is 14.2 Å². The van der Waals surface area contributed by atoms with Crippen LogP contribution >= 0.6 is 0 Å². The molecule has 8 nitrogen and oxygen atoms in total. The number of benzene rings is 2. The van der Waals surface area contributed by atoms with E-state index in [1.54, 1.807) is 40.5 Å². The number of hydrogen-bond donors (Lipinski definition) is 1. The van der Waals surface area contributed by atoms with Crippen LogP contribution in [0.25, 0.3) is 0 Å². The molecule has 0 saturated heterocycles. The molecule has 150 valence electrons. The van der Waals surface area contributed by atoms with Crippen LogP contribution in [0.5, 0.6) is 17.2 Å². The Hall–Kier alpha value is -3.81. The number of aromatic nitrogens is 2. The summed E-state index contributed by atoms with van der Waals surface area (Å²) >= 11 is 0. The van der Waals surface area contributed by atoms with Crippen molar-refractivity contribution >= 4 is 23.1 Å². The molecule has 0 saturated carbocycles. The Labute approximate surface area is 169 Å². The average Bonchev–Trinajstić information content (AvgIpc) is 2.78. The van der Waals surface area contributed by atoms with Gasteiger partial charge in [0.05, 0.1) is 33.7 Å². The van der Waals surface area contributed by atoms with Crippen molar-refractivity contribution in [1.29, 1.82) is 0 Å². The minimum atomic E-state index is -0.247. The van der Waals surface area contributed by atoms with Gasteiger partial charge in [-0.05, 0) is 12.1 Å². The highest BCUT2D eigenvalue weighted by Gasteiger charge is 2.16. The van der Waals surface area contributed by atoms with Crippen molar-refractivity contribution in [3.63, 3.8) is 0 Å². The third-order valence-electron chi connectivity index (χ3n) is 4.26. The van der Waals surface area contributed by atoms with Gasteiger partial charge in [0, 0.05) is 30.6 Å². The van der Waals surface area contributed by atoms with Gasteiger partial charge in [-0.3, -0.25) is 4.79 Å². The third-order valence-corrected chi connectivity index (χ3v) is 4.26. The molecule has 0 aliphatic heterocycles. The van der Waals surface area contributed by atoms with E-state index in [-0.39, 0.29) is 11.6 Å². The van der Waals surface area contributed by atoms with Crippen LogP contribution in [0.4, 0.5) is 17.2 Å². The van der Waals surface area contributed by atoms with Crippen LogP contribution in [0, 0.1) is 0 Å². The van der Waals surface area contributed by atoms with Crippen molar-refractivity contribution in [2.75, 3.05) is 38.6 Å². The van der Waals surface area contributed by atoms with Crippen LogP contribution in [0.3, 0.4) is 0 Å². The Kier molecular flexibility index (Phi) is 6.13. The minimum absolute atomic E-state index is 0.242. The van der Waals surface area contributed by atoms with Crippen molar-refractivity contribution in [3.8, 4) is 17.2 Å². The third kappa shape index (κ3) is 4.37. The normalized spacial score (nSPS) is 10.2. The Bertz CT molecular complexity index is 953. The number of para-hydroxylation sites is 1. The maximum atomic E-state index is 12.6. The van der Waals surface area contributed by atoms with Gasteiger partial charge in [0.25, 0.3) is 5.91 Å². The molecule has 1 N–H and O–H groups in total. The SMILES string of the molecule is COc1cc(Nc2cnc(C(=O)N(C)c3ccccc3)cn2)cc(OC)c1OC. The summed E-state index contributed by atoms with van der Waals surface area (Å²) in [4.78, 5) is 22.7. The Morgan fingerprint density at radius 1 is 0.931 bits per heavy atom. The Balaban J connectivity index is 1.78. The second-order valence-corrected chi connectivity index (χ2v) is 6.03. The van der Waals surface area contributed by atoms with E-state index in [0.717, 1.165) is 5.69 Å². The highest BCUT2D eigenvalue weighted by Crippen LogP contribution is 2.40. The maximum Gasteiger partial charge on any atom is 0.278 e. The summed E-state index contributed by atoms with van der Waals surface area (Å²) in [6.45, 7) is 0. The van der Waals surface area contributed by atoms with Gasteiger partial charge in [-0.2, -0.15) is 0 Å². The van der Waals surface area contributed by atoms with E-state index in [1.165, 1.54) is 17.3 Å². The lowest BCUT2D eigenvalue weighted by Crippen LogP contribution is -2.27. The Morgan fingerprint density at radius 3 is 2.10 bits per heavy atom. The van der Waals surface area contributed by atoms with Gasteiger partial charge in [0.1, 0.15) is 11.5 Å². The maximum absolute atomic E-state index is 12.6. The van der Waals surface area contributed by atoms with E-state index in [9.17, 15) is 4.79 Å². The zero-order chi connectivity index (χ0) is 20.8. The van der Waals surface area contributed by atoms with Gasteiger partial charge in [-0.1, -0.05) is 18.2 Å². The highest BCUT2D eigenvalue weighted by molar-refractivity contribution is 6.04. The van der Waals surface area contributed by atoms with Crippen LogP contribution in [-0.2, 0) is 0 Å². The first kappa shape index (κ1) is 19.9. The first-order chi connectivity index (χ1) is 14.1. The van der Waals surface area contributed by atoms with Gasteiger partial charge in [0.2, 0.25) is 5.75 Å². The van der Waals surface area contributed by atoms with Crippen molar-refractivity contribution in [1.82, 2.24) is 9.97 Å².